The van der Waals surface area contributed by atoms with Gasteiger partial charge in [-0.25, -0.2) is 14.3 Å². The molecular weight excluding hydrogens is 398 g/mol. The fraction of sp³-hybridized carbons (Fsp3) is 0.391. The molecule has 2 heterocycles. The maximum Gasteiger partial charge on any atom is 0.335 e. The summed E-state index contributed by atoms with van der Waals surface area (Å²) >= 11 is 0. The first-order chi connectivity index (χ1) is 14.6. The summed E-state index contributed by atoms with van der Waals surface area (Å²) in [6, 6.07) is 10.8. The molecule has 0 aliphatic rings. The maximum absolute atomic E-state index is 13.0. The first kappa shape index (κ1) is 22.3. The van der Waals surface area contributed by atoms with Crippen molar-refractivity contribution in [3.8, 4) is 5.69 Å². The molecule has 31 heavy (non-hydrogen) atoms. The molecule has 8 nitrogen and oxygen atoms in total. The smallest absolute Gasteiger partial charge is 0.335 e. The van der Waals surface area contributed by atoms with Gasteiger partial charge in [-0.1, -0.05) is 19.1 Å². The number of esters is 2. The van der Waals surface area contributed by atoms with Crippen molar-refractivity contribution in [3.05, 3.63) is 58.6 Å². The highest BCUT2D eigenvalue weighted by atomic mass is 16.6. The number of pyridine rings is 1. The molecule has 2 aromatic heterocycles. The summed E-state index contributed by atoms with van der Waals surface area (Å²) in [5, 5.41) is 0. The van der Waals surface area contributed by atoms with Crippen LogP contribution in [0.2, 0.25) is 0 Å². The lowest BCUT2D eigenvalue weighted by molar-refractivity contribution is -0.159. The number of hydrogen-bond donors (Lipinski definition) is 0. The Labute approximate surface area is 180 Å². The van der Waals surface area contributed by atoms with Gasteiger partial charge in [-0.2, -0.15) is 0 Å². The van der Waals surface area contributed by atoms with Crippen molar-refractivity contribution in [2.24, 2.45) is 5.92 Å². The van der Waals surface area contributed by atoms with E-state index in [1.54, 1.807) is 30.5 Å². The summed E-state index contributed by atoms with van der Waals surface area (Å²) in [6.07, 6.45) is 2.12. The molecule has 0 aliphatic heterocycles. The van der Waals surface area contributed by atoms with Gasteiger partial charge >= 0.3 is 17.6 Å². The van der Waals surface area contributed by atoms with E-state index in [2.05, 4.69) is 4.98 Å². The van der Waals surface area contributed by atoms with E-state index in [4.69, 9.17) is 9.47 Å². The number of imidazole rings is 1. The number of hydrogen-bond acceptors (Lipinski definition) is 6. The number of rotatable bonds is 6. The molecule has 0 radical (unpaired) electrons. The second-order valence-electron chi connectivity index (χ2n) is 8.43. The highest BCUT2D eigenvalue weighted by molar-refractivity contribution is 5.77. The van der Waals surface area contributed by atoms with Crippen LogP contribution in [0, 0.1) is 5.92 Å². The topological polar surface area (TPSA) is 92.4 Å². The first-order valence-corrected chi connectivity index (χ1v) is 10.1. The quantitative estimate of drug-likeness (QED) is 0.564. The Kier molecular flexibility index (Phi) is 6.29. The lowest BCUT2D eigenvalue weighted by Gasteiger charge is -2.22. The van der Waals surface area contributed by atoms with Crippen LogP contribution in [0.5, 0.6) is 0 Å². The van der Waals surface area contributed by atoms with E-state index in [1.807, 2.05) is 39.8 Å². The van der Waals surface area contributed by atoms with Crippen LogP contribution in [0.3, 0.4) is 0 Å². The number of methoxy groups -OCH3 is 1. The Morgan fingerprint density at radius 3 is 2.42 bits per heavy atom. The summed E-state index contributed by atoms with van der Waals surface area (Å²) < 4.78 is 12.9. The van der Waals surface area contributed by atoms with Crippen molar-refractivity contribution in [1.82, 2.24) is 14.1 Å². The van der Waals surface area contributed by atoms with Crippen molar-refractivity contribution < 1.29 is 19.1 Å². The van der Waals surface area contributed by atoms with Crippen LogP contribution in [-0.2, 0) is 32.0 Å². The Morgan fingerprint density at radius 1 is 1.13 bits per heavy atom. The molecule has 0 spiro atoms. The molecule has 0 bridgehead atoms. The molecule has 0 aliphatic carbocycles. The molecule has 164 valence electrons. The molecule has 1 aromatic carbocycles. The minimum atomic E-state index is -0.526. The minimum absolute atomic E-state index is 0.198. The number of fused-ring (bicyclic) bond motifs is 1. The number of carbonyl (C=O) groups is 2. The predicted octanol–water partition coefficient (Wildman–Crippen LogP) is 2.88. The van der Waals surface area contributed by atoms with Crippen molar-refractivity contribution >= 4 is 23.1 Å². The van der Waals surface area contributed by atoms with Crippen LogP contribution in [0.4, 0.5) is 0 Å². The Morgan fingerprint density at radius 2 is 1.81 bits per heavy atom. The summed E-state index contributed by atoms with van der Waals surface area (Å²) in [6.45, 7) is 7.16. The van der Waals surface area contributed by atoms with E-state index >= 15 is 0 Å². The van der Waals surface area contributed by atoms with Gasteiger partial charge in [0.1, 0.15) is 12.1 Å². The second kappa shape index (κ2) is 8.75. The van der Waals surface area contributed by atoms with Gasteiger partial charge in [0.2, 0.25) is 0 Å². The number of carbonyl (C=O) groups excluding carboxylic acids is 2. The monoisotopic (exact) mass is 425 g/mol. The van der Waals surface area contributed by atoms with Gasteiger partial charge in [0.25, 0.3) is 0 Å². The van der Waals surface area contributed by atoms with E-state index in [-0.39, 0.29) is 24.1 Å². The van der Waals surface area contributed by atoms with Gasteiger partial charge in [-0.15, -0.1) is 0 Å². The molecular formula is C23H27N3O5. The van der Waals surface area contributed by atoms with Crippen LogP contribution >= 0.6 is 0 Å². The first-order valence-electron chi connectivity index (χ1n) is 10.1. The number of ether oxygens (including phenoxy) is 2. The van der Waals surface area contributed by atoms with Crippen LogP contribution < -0.4 is 5.69 Å². The average molecular weight is 425 g/mol. The Balaban J connectivity index is 1.89. The Bertz CT molecular complexity index is 1150. The summed E-state index contributed by atoms with van der Waals surface area (Å²) in [7, 11) is 1.28. The number of aromatic nitrogens is 3. The van der Waals surface area contributed by atoms with E-state index < -0.39 is 11.6 Å². The van der Waals surface area contributed by atoms with Gasteiger partial charge in [-0.05, 0) is 57.0 Å². The van der Waals surface area contributed by atoms with Crippen LogP contribution in [0.15, 0.2) is 47.4 Å². The standard InChI is InChI=1S/C23H27N3O5/c1-15(21(28)31-23(2,3)4)13-16-8-10-17(11-9-16)26-20-18(7-6-12-24-20)25(22(26)29)14-19(27)30-5/h6-12,15H,13-14H2,1-5H3/t15-/m0/s1. The third-order valence-corrected chi connectivity index (χ3v) is 4.75. The van der Waals surface area contributed by atoms with Crippen molar-refractivity contribution in [2.45, 2.75) is 46.3 Å². The van der Waals surface area contributed by atoms with Crippen LogP contribution in [-0.4, -0.2) is 38.8 Å². The normalized spacial score (nSPS) is 12.5. The second-order valence-corrected chi connectivity index (χ2v) is 8.43. The van der Waals surface area contributed by atoms with Crippen molar-refractivity contribution in [2.75, 3.05) is 7.11 Å². The molecule has 0 N–H and O–H groups in total. The van der Waals surface area contributed by atoms with Gasteiger partial charge in [0, 0.05) is 6.20 Å². The zero-order valence-corrected chi connectivity index (χ0v) is 18.4. The summed E-state index contributed by atoms with van der Waals surface area (Å²) in [5.41, 5.74) is 1.65. The SMILES string of the molecule is COC(=O)Cn1c(=O)n(-c2ccc(C[C@H](C)C(=O)OC(C)(C)C)cc2)c2ncccc21. The number of nitrogens with zero attached hydrogens (tertiary/aromatic N) is 3. The van der Waals surface area contributed by atoms with Crippen molar-refractivity contribution in [1.29, 1.82) is 0 Å². The average Bonchev–Trinajstić information content (AvgIpc) is 2.99. The highest BCUT2D eigenvalue weighted by Gasteiger charge is 2.22. The van der Waals surface area contributed by atoms with Gasteiger partial charge in [0.05, 0.1) is 24.2 Å². The van der Waals surface area contributed by atoms with E-state index in [9.17, 15) is 14.4 Å². The summed E-state index contributed by atoms with van der Waals surface area (Å²) in [5.74, 6) is -1.06. The van der Waals surface area contributed by atoms with Gasteiger partial charge in [-0.3, -0.25) is 14.2 Å². The van der Waals surface area contributed by atoms with Crippen LogP contribution in [0.25, 0.3) is 16.9 Å². The zero-order chi connectivity index (χ0) is 22.8. The van der Waals surface area contributed by atoms with E-state index in [0.717, 1.165) is 5.56 Å². The molecule has 0 saturated carbocycles. The van der Waals surface area contributed by atoms with E-state index in [0.29, 0.717) is 23.3 Å². The lowest BCUT2D eigenvalue weighted by Crippen LogP contribution is -2.28. The molecule has 0 saturated heterocycles. The fourth-order valence-corrected chi connectivity index (χ4v) is 3.29. The highest BCUT2D eigenvalue weighted by Crippen LogP contribution is 2.19. The van der Waals surface area contributed by atoms with Crippen LogP contribution in [0.1, 0.15) is 33.3 Å². The molecule has 3 rings (SSSR count). The fourth-order valence-electron chi connectivity index (χ4n) is 3.29. The third kappa shape index (κ3) is 5.02. The van der Waals surface area contributed by atoms with Gasteiger partial charge < -0.3 is 9.47 Å². The molecule has 0 amide bonds. The zero-order valence-electron chi connectivity index (χ0n) is 18.4. The largest absolute Gasteiger partial charge is 0.468 e. The predicted molar refractivity (Wildman–Crippen MR) is 116 cm³/mol. The minimum Gasteiger partial charge on any atom is -0.468 e. The third-order valence-electron chi connectivity index (χ3n) is 4.75. The van der Waals surface area contributed by atoms with Gasteiger partial charge in [0.15, 0.2) is 5.65 Å². The lowest BCUT2D eigenvalue weighted by atomic mass is 10.0. The summed E-state index contributed by atoms with van der Waals surface area (Å²) in [4.78, 5) is 41.4. The molecule has 1 atom stereocenters. The molecule has 0 unspecified atom stereocenters. The maximum atomic E-state index is 13.0. The molecule has 3 aromatic rings. The van der Waals surface area contributed by atoms with Crippen molar-refractivity contribution in [3.63, 3.8) is 0 Å². The Hall–Kier alpha value is -3.42. The number of benzene rings is 1. The molecule has 0 fully saturated rings. The molecule has 8 heteroatoms. The van der Waals surface area contributed by atoms with E-state index in [1.165, 1.54) is 16.2 Å².